The molecule has 2 aromatic rings. The lowest BCUT2D eigenvalue weighted by molar-refractivity contribution is 0.237. The predicted molar refractivity (Wildman–Crippen MR) is 90.2 cm³/mol. The summed E-state index contributed by atoms with van der Waals surface area (Å²) in [5.41, 5.74) is 1.74. The van der Waals surface area contributed by atoms with Gasteiger partial charge < -0.3 is 20.1 Å². The summed E-state index contributed by atoms with van der Waals surface area (Å²) in [7, 11) is 3.19. The summed E-state index contributed by atoms with van der Waals surface area (Å²) < 4.78 is 10.5. The molecule has 0 spiro atoms. The maximum Gasteiger partial charge on any atom is 0.315 e. The second-order valence-electron chi connectivity index (χ2n) is 5.01. The van der Waals surface area contributed by atoms with Gasteiger partial charge in [-0.2, -0.15) is 0 Å². The van der Waals surface area contributed by atoms with Gasteiger partial charge in [-0.25, -0.2) is 9.78 Å². The molecule has 0 unspecified atom stereocenters. The van der Waals surface area contributed by atoms with Crippen molar-refractivity contribution in [3.63, 3.8) is 0 Å². The lowest BCUT2D eigenvalue weighted by atomic mass is 10.1. The number of thiazole rings is 1. The molecule has 6 nitrogen and oxygen atoms in total. The molecule has 1 atom stereocenters. The molecular weight excluding hydrogens is 314 g/mol. The quantitative estimate of drug-likeness (QED) is 0.851. The van der Waals surface area contributed by atoms with Gasteiger partial charge in [-0.3, -0.25) is 0 Å². The molecule has 0 bridgehead atoms. The van der Waals surface area contributed by atoms with Gasteiger partial charge in [0.15, 0.2) is 0 Å². The summed E-state index contributed by atoms with van der Waals surface area (Å²) >= 11 is 1.56. The lowest BCUT2D eigenvalue weighted by Crippen LogP contribution is -2.36. The van der Waals surface area contributed by atoms with Crippen molar-refractivity contribution in [1.82, 2.24) is 15.6 Å². The zero-order valence-electron chi connectivity index (χ0n) is 13.7. The highest BCUT2D eigenvalue weighted by Gasteiger charge is 2.15. The third-order valence-electron chi connectivity index (χ3n) is 3.35. The fraction of sp³-hybridized carbons (Fsp3) is 0.375. The number of benzene rings is 1. The zero-order chi connectivity index (χ0) is 16.8. The summed E-state index contributed by atoms with van der Waals surface area (Å²) in [5.74, 6) is 1.38. The summed E-state index contributed by atoms with van der Waals surface area (Å²) in [5, 5.41) is 8.61. The molecule has 23 heavy (non-hydrogen) atoms. The Balaban J connectivity index is 1.95. The monoisotopic (exact) mass is 335 g/mol. The number of carbonyl (C=O) groups is 1. The van der Waals surface area contributed by atoms with Crippen LogP contribution in [0.1, 0.15) is 29.2 Å². The number of nitrogens with zero attached hydrogens (tertiary/aromatic N) is 1. The Bertz CT molecular complexity index is 672. The van der Waals surface area contributed by atoms with Crippen LogP contribution < -0.4 is 20.1 Å². The smallest absolute Gasteiger partial charge is 0.315 e. The lowest BCUT2D eigenvalue weighted by Gasteiger charge is -2.18. The fourth-order valence-corrected chi connectivity index (χ4v) is 2.77. The number of aryl methyl sites for hydroxylation is 1. The second-order valence-corrected chi connectivity index (χ2v) is 6.08. The van der Waals surface area contributed by atoms with E-state index in [1.165, 1.54) is 0 Å². The Hall–Kier alpha value is -2.28. The van der Waals surface area contributed by atoms with Crippen LogP contribution >= 0.6 is 11.3 Å². The van der Waals surface area contributed by atoms with E-state index in [1.54, 1.807) is 31.6 Å². The number of nitrogens with one attached hydrogen (secondary N) is 2. The largest absolute Gasteiger partial charge is 0.497 e. The highest BCUT2D eigenvalue weighted by molar-refractivity contribution is 7.09. The third-order valence-corrected chi connectivity index (χ3v) is 4.17. The Labute approximate surface area is 139 Å². The first-order valence-electron chi connectivity index (χ1n) is 7.20. The van der Waals surface area contributed by atoms with E-state index in [4.69, 9.17) is 9.47 Å². The van der Waals surface area contributed by atoms with E-state index in [0.717, 1.165) is 16.3 Å². The molecular formula is C16H21N3O3S. The highest BCUT2D eigenvalue weighted by Crippen LogP contribution is 2.29. The maximum atomic E-state index is 12.0. The fourth-order valence-electron chi connectivity index (χ4n) is 2.16. The van der Waals surface area contributed by atoms with Crippen molar-refractivity contribution >= 4 is 17.4 Å². The summed E-state index contributed by atoms with van der Waals surface area (Å²) in [6.45, 7) is 4.24. The Morgan fingerprint density at radius 1 is 1.35 bits per heavy atom. The van der Waals surface area contributed by atoms with Crippen LogP contribution in [-0.2, 0) is 6.54 Å². The molecule has 124 valence electrons. The number of hydrogen-bond acceptors (Lipinski definition) is 5. The molecule has 7 heteroatoms. The Morgan fingerprint density at radius 2 is 2.13 bits per heavy atom. The number of hydrogen-bond donors (Lipinski definition) is 2. The molecule has 2 N–H and O–H groups in total. The molecule has 2 amide bonds. The molecule has 0 aliphatic heterocycles. The van der Waals surface area contributed by atoms with Crippen LogP contribution in [0, 0.1) is 6.92 Å². The van der Waals surface area contributed by atoms with Crippen molar-refractivity contribution in [2.75, 3.05) is 14.2 Å². The van der Waals surface area contributed by atoms with Gasteiger partial charge >= 0.3 is 6.03 Å². The Morgan fingerprint density at radius 3 is 2.74 bits per heavy atom. The first kappa shape index (κ1) is 17.1. The minimum atomic E-state index is -0.249. The average Bonchev–Trinajstić information content (AvgIpc) is 2.97. The number of rotatable bonds is 6. The molecule has 1 aromatic carbocycles. The number of amides is 2. The van der Waals surface area contributed by atoms with Gasteiger partial charge in [0, 0.05) is 17.0 Å². The predicted octanol–water partition coefficient (Wildman–Crippen LogP) is 3.03. The number of carbonyl (C=O) groups excluding carboxylic acids is 1. The molecule has 0 fully saturated rings. The van der Waals surface area contributed by atoms with Crippen LogP contribution in [0.2, 0.25) is 0 Å². The standard InChI is InChI=1S/C16H21N3O3S/c1-10(14-6-5-13(21-3)7-15(14)22-4)18-16(20)17-8-12-9-23-11(2)19-12/h5-7,9-10H,8H2,1-4H3,(H2,17,18,20)/t10-/m0/s1. The van der Waals surface area contributed by atoms with Crippen LogP contribution in [0.15, 0.2) is 23.6 Å². The van der Waals surface area contributed by atoms with Gasteiger partial charge in [0.05, 0.1) is 37.5 Å². The number of urea groups is 1. The first-order chi connectivity index (χ1) is 11.0. The van der Waals surface area contributed by atoms with Crippen molar-refractivity contribution in [3.05, 3.63) is 39.8 Å². The van der Waals surface area contributed by atoms with Crippen LogP contribution in [0.5, 0.6) is 11.5 Å². The maximum absolute atomic E-state index is 12.0. The topological polar surface area (TPSA) is 72.5 Å². The van der Waals surface area contributed by atoms with Crippen LogP contribution in [0.4, 0.5) is 4.79 Å². The molecule has 0 aliphatic carbocycles. The molecule has 2 rings (SSSR count). The van der Waals surface area contributed by atoms with Crippen LogP contribution in [-0.4, -0.2) is 25.2 Å². The minimum absolute atomic E-state index is 0.201. The van der Waals surface area contributed by atoms with Crippen LogP contribution in [0.3, 0.4) is 0 Å². The van der Waals surface area contributed by atoms with Crippen molar-refractivity contribution in [2.45, 2.75) is 26.4 Å². The molecule has 0 radical (unpaired) electrons. The van der Waals surface area contributed by atoms with E-state index in [1.807, 2.05) is 31.4 Å². The number of methoxy groups -OCH3 is 2. The molecule has 0 saturated carbocycles. The summed E-state index contributed by atoms with van der Waals surface area (Å²) in [6.07, 6.45) is 0. The van der Waals surface area contributed by atoms with Gasteiger partial charge in [-0.05, 0) is 26.0 Å². The van der Waals surface area contributed by atoms with Gasteiger partial charge in [0.25, 0.3) is 0 Å². The van der Waals surface area contributed by atoms with E-state index < -0.39 is 0 Å². The van der Waals surface area contributed by atoms with E-state index in [-0.39, 0.29) is 12.1 Å². The van der Waals surface area contributed by atoms with Gasteiger partial charge in [-0.1, -0.05) is 0 Å². The summed E-state index contributed by atoms with van der Waals surface area (Å²) in [4.78, 5) is 16.3. The van der Waals surface area contributed by atoms with Gasteiger partial charge in [0.2, 0.25) is 0 Å². The molecule has 1 heterocycles. The first-order valence-corrected chi connectivity index (χ1v) is 8.08. The number of ether oxygens (including phenoxy) is 2. The molecule has 1 aromatic heterocycles. The zero-order valence-corrected chi connectivity index (χ0v) is 14.5. The highest BCUT2D eigenvalue weighted by atomic mass is 32.1. The summed E-state index contributed by atoms with van der Waals surface area (Å²) in [6, 6.07) is 5.07. The van der Waals surface area contributed by atoms with Crippen molar-refractivity contribution in [3.8, 4) is 11.5 Å². The SMILES string of the molecule is COc1ccc([C@H](C)NC(=O)NCc2csc(C)n2)c(OC)c1. The minimum Gasteiger partial charge on any atom is -0.497 e. The van der Waals surface area contributed by atoms with Crippen molar-refractivity contribution in [1.29, 1.82) is 0 Å². The Kier molecular flexibility index (Phi) is 5.81. The second kappa shape index (κ2) is 7.82. The van der Waals surface area contributed by atoms with E-state index in [2.05, 4.69) is 15.6 Å². The van der Waals surface area contributed by atoms with E-state index in [9.17, 15) is 4.79 Å². The normalized spacial score (nSPS) is 11.7. The van der Waals surface area contributed by atoms with Gasteiger partial charge in [-0.15, -0.1) is 11.3 Å². The molecule has 0 aliphatic rings. The van der Waals surface area contributed by atoms with E-state index >= 15 is 0 Å². The van der Waals surface area contributed by atoms with E-state index in [0.29, 0.717) is 18.0 Å². The van der Waals surface area contributed by atoms with Crippen LogP contribution in [0.25, 0.3) is 0 Å². The molecule has 0 saturated heterocycles. The van der Waals surface area contributed by atoms with Gasteiger partial charge in [0.1, 0.15) is 11.5 Å². The average molecular weight is 335 g/mol. The third kappa shape index (κ3) is 4.59. The van der Waals surface area contributed by atoms with Crippen molar-refractivity contribution in [2.24, 2.45) is 0 Å². The van der Waals surface area contributed by atoms with Crippen molar-refractivity contribution < 1.29 is 14.3 Å². The number of aromatic nitrogens is 1.